The third kappa shape index (κ3) is 4.20. The topological polar surface area (TPSA) is 81.9 Å². The van der Waals surface area contributed by atoms with Crippen molar-refractivity contribution in [2.75, 3.05) is 12.4 Å². The number of carbonyl (C=O) groups is 1. The van der Waals surface area contributed by atoms with Crippen LogP contribution in [0.25, 0.3) is 0 Å². The van der Waals surface area contributed by atoms with Crippen LogP contribution >= 0.6 is 0 Å². The van der Waals surface area contributed by atoms with Crippen LogP contribution in [0.1, 0.15) is 57.3 Å². The SMILES string of the molecule is COc1cnc(CC(=O)Nc2cc([C@H]3C[CH]CC3)nn2C(C)(C)C)cn1. The van der Waals surface area contributed by atoms with E-state index in [1.165, 1.54) is 13.3 Å². The van der Waals surface area contributed by atoms with Crippen molar-refractivity contribution in [1.29, 1.82) is 0 Å². The molecule has 0 spiro atoms. The zero-order chi connectivity index (χ0) is 18.7. The fourth-order valence-electron chi connectivity index (χ4n) is 3.12. The van der Waals surface area contributed by atoms with Gasteiger partial charge in [-0.1, -0.05) is 0 Å². The molecule has 0 bridgehead atoms. The predicted octanol–water partition coefficient (Wildman–Crippen LogP) is 3.09. The highest BCUT2D eigenvalue weighted by molar-refractivity contribution is 5.91. The van der Waals surface area contributed by atoms with Gasteiger partial charge in [-0.05, 0) is 46.5 Å². The van der Waals surface area contributed by atoms with Crippen LogP contribution in [0.2, 0.25) is 0 Å². The fraction of sp³-hybridized carbons (Fsp3) is 0.526. The van der Waals surface area contributed by atoms with E-state index in [1.54, 1.807) is 6.20 Å². The molecule has 7 nitrogen and oxygen atoms in total. The lowest BCUT2D eigenvalue weighted by Crippen LogP contribution is -2.27. The number of anilines is 1. The van der Waals surface area contributed by atoms with E-state index in [4.69, 9.17) is 9.84 Å². The number of hydrogen-bond donors (Lipinski definition) is 1. The second kappa shape index (κ2) is 7.43. The number of carbonyl (C=O) groups excluding carboxylic acids is 1. The van der Waals surface area contributed by atoms with E-state index in [0.717, 1.165) is 30.8 Å². The summed E-state index contributed by atoms with van der Waals surface area (Å²) in [5.41, 5.74) is 1.42. The van der Waals surface area contributed by atoms with Crippen LogP contribution in [0.3, 0.4) is 0 Å². The fourth-order valence-corrected chi connectivity index (χ4v) is 3.12. The largest absolute Gasteiger partial charge is 0.480 e. The van der Waals surface area contributed by atoms with Crippen LogP contribution in [-0.4, -0.2) is 32.8 Å². The van der Waals surface area contributed by atoms with Crippen molar-refractivity contribution < 1.29 is 9.53 Å². The molecule has 1 aliphatic rings. The van der Waals surface area contributed by atoms with E-state index < -0.39 is 0 Å². The predicted molar refractivity (Wildman–Crippen MR) is 99.0 cm³/mol. The zero-order valence-corrected chi connectivity index (χ0v) is 15.8. The van der Waals surface area contributed by atoms with E-state index in [0.29, 0.717) is 17.5 Å². The van der Waals surface area contributed by atoms with Crippen LogP contribution in [0, 0.1) is 6.42 Å². The quantitative estimate of drug-likeness (QED) is 0.890. The van der Waals surface area contributed by atoms with Crippen molar-refractivity contribution in [3.05, 3.63) is 36.3 Å². The third-order valence-corrected chi connectivity index (χ3v) is 4.45. The highest BCUT2D eigenvalue weighted by Gasteiger charge is 2.26. The van der Waals surface area contributed by atoms with Gasteiger partial charge in [0, 0.05) is 12.0 Å². The van der Waals surface area contributed by atoms with E-state index in [2.05, 4.69) is 42.5 Å². The standard InChI is InChI=1S/C19H26N5O2/c1-19(2,3)24-16(10-15(23-24)13-7-5-6-8-13)22-17(25)9-14-11-21-18(26-4)12-20-14/h5,10-13H,6-9H2,1-4H3,(H,22,25)/t13-/m0/s1. The summed E-state index contributed by atoms with van der Waals surface area (Å²) in [7, 11) is 1.53. The molecule has 1 atom stereocenters. The van der Waals surface area contributed by atoms with Gasteiger partial charge >= 0.3 is 0 Å². The Labute approximate surface area is 154 Å². The average Bonchev–Trinajstić information content (AvgIpc) is 3.24. The number of amides is 1. The summed E-state index contributed by atoms with van der Waals surface area (Å²) < 4.78 is 6.89. The van der Waals surface area contributed by atoms with Gasteiger partial charge in [-0.15, -0.1) is 0 Å². The van der Waals surface area contributed by atoms with Gasteiger partial charge in [0.15, 0.2) is 0 Å². The Morgan fingerprint density at radius 1 is 1.35 bits per heavy atom. The Kier molecular flexibility index (Phi) is 5.25. The summed E-state index contributed by atoms with van der Waals surface area (Å²) in [5.74, 6) is 1.46. The Morgan fingerprint density at radius 3 is 2.73 bits per heavy atom. The van der Waals surface area contributed by atoms with Crippen molar-refractivity contribution >= 4 is 11.7 Å². The summed E-state index contributed by atoms with van der Waals surface area (Å²) >= 11 is 0. The summed E-state index contributed by atoms with van der Waals surface area (Å²) in [6, 6.07) is 2.01. The molecule has 2 aromatic rings. The number of methoxy groups -OCH3 is 1. The third-order valence-electron chi connectivity index (χ3n) is 4.45. The Balaban J connectivity index is 1.75. The molecule has 0 saturated heterocycles. The first-order chi connectivity index (χ1) is 12.4. The summed E-state index contributed by atoms with van der Waals surface area (Å²) in [6.45, 7) is 6.24. The first-order valence-corrected chi connectivity index (χ1v) is 8.93. The van der Waals surface area contributed by atoms with Crippen molar-refractivity contribution in [1.82, 2.24) is 19.7 Å². The molecule has 1 saturated carbocycles. The van der Waals surface area contributed by atoms with Gasteiger partial charge in [0.2, 0.25) is 11.8 Å². The minimum Gasteiger partial charge on any atom is -0.480 e. The van der Waals surface area contributed by atoms with Crippen LogP contribution in [0.15, 0.2) is 18.5 Å². The van der Waals surface area contributed by atoms with Gasteiger partial charge < -0.3 is 10.1 Å². The van der Waals surface area contributed by atoms with Gasteiger partial charge in [0.1, 0.15) is 5.82 Å². The molecule has 26 heavy (non-hydrogen) atoms. The lowest BCUT2D eigenvalue weighted by atomic mass is 10.0. The Morgan fingerprint density at radius 2 is 2.15 bits per heavy atom. The molecule has 2 heterocycles. The molecule has 0 aliphatic heterocycles. The number of aromatic nitrogens is 4. The maximum atomic E-state index is 12.5. The van der Waals surface area contributed by atoms with E-state index in [9.17, 15) is 4.79 Å². The molecule has 2 aromatic heterocycles. The van der Waals surface area contributed by atoms with Gasteiger partial charge in [-0.3, -0.25) is 9.78 Å². The van der Waals surface area contributed by atoms with Crippen molar-refractivity contribution in [3.63, 3.8) is 0 Å². The Bertz CT molecular complexity index is 755. The van der Waals surface area contributed by atoms with Crippen molar-refractivity contribution in [2.45, 2.75) is 57.9 Å². The van der Waals surface area contributed by atoms with Crippen LogP contribution in [0.5, 0.6) is 5.88 Å². The molecule has 1 amide bonds. The summed E-state index contributed by atoms with van der Waals surface area (Å²) in [5, 5.41) is 7.77. The zero-order valence-electron chi connectivity index (χ0n) is 15.8. The molecule has 1 aliphatic carbocycles. The molecule has 7 heteroatoms. The van der Waals surface area contributed by atoms with Gasteiger partial charge in [-0.2, -0.15) is 5.10 Å². The highest BCUT2D eigenvalue weighted by atomic mass is 16.5. The molecule has 0 unspecified atom stereocenters. The maximum absolute atomic E-state index is 12.5. The number of hydrogen-bond acceptors (Lipinski definition) is 5. The maximum Gasteiger partial charge on any atom is 0.231 e. The molecular formula is C19H26N5O2. The first kappa shape index (κ1) is 18.4. The molecule has 1 radical (unpaired) electrons. The second-order valence-corrected chi connectivity index (χ2v) is 7.61. The van der Waals surface area contributed by atoms with Crippen LogP contribution < -0.4 is 10.1 Å². The number of ether oxygens (including phenoxy) is 1. The molecule has 1 N–H and O–H groups in total. The van der Waals surface area contributed by atoms with Gasteiger partial charge in [0.05, 0.1) is 42.9 Å². The number of nitrogens with one attached hydrogen (secondary N) is 1. The van der Waals surface area contributed by atoms with Gasteiger partial charge in [0.25, 0.3) is 0 Å². The highest BCUT2D eigenvalue weighted by Crippen LogP contribution is 2.35. The van der Waals surface area contributed by atoms with E-state index in [-0.39, 0.29) is 17.9 Å². The van der Waals surface area contributed by atoms with E-state index in [1.807, 2.05) is 10.7 Å². The average molecular weight is 356 g/mol. The van der Waals surface area contributed by atoms with Crippen molar-refractivity contribution in [2.24, 2.45) is 0 Å². The van der Waals surface area contributed by atoms with Gasteiger partial charge in [-0.25, -0.2) is 9.67 Å². The molecular weight excluding hydrogens is 330 g/mol. The van der Waals surface area contributed by atoms with Crippen molar-refractivity contribution in [3.8, 4) is 5.88 Å². The molecule has 0 aromatic carbocycles. The lowest BCUT2D eigenvalue weighted by molar-refractivity contribution is -0.115. The second-order valence-electron chi connectivity index (χ2n) is 7.61. The van der Waals surface area contributed by atoms with Crippen LogP contribution in [0.4, 0.5) is 5.82 Å². The molecule has 1 fully saturated rings. The molecule has 139 valence electrons. The monoisotopic (exact) mass is 356 g/mol. The lowest BCUT2D eigenvalue weighted by Gasteiger charge is -2.22. The molecule has 3 rings (SSSR count). The summed E-state index contributed by atoms with van der Waals surface area (Å²) in [6.07, 6.45) is 8.83. The number of rotatable bonds is 5. The first-order valence-electron chi connectivity index (χ1n) is 8.93. The van der Waals surface area contributed by atoms with Crippen LogP contribution in [-0.2, 0) is 16.8 Å². The summed E-state index contributed by atoms with van der Waals surface area (Å²) in [4.78, 5) is 20.8. The Hall–Kier alpha value is -2.44. The minimum absolute atomic E-state index is 0.139. The van der Waals surface area contributed by atoms with E-state index >= 15 is 0 Å². The smallest absolute Gasteiger partial charge is 0.231 e. The minimum atomic E-state index is -0.219. The number of nitrogens with zero attached hydrogens (tertiary/aromatic N) is 4. The normalized spacial score (nSPS) is 15.2.